The third-order valence-corrected chi connectivity index (χ3v) is 4.49. The van der Waals surface area contributed by atoms with Crippen molar-refractivity contribution in [3.63, 3.8) is 0 Å². The normalized spacial score (nSPS) is 10.2. The average Bonchev–Trinajstić information content (AvgIpc) is 2.78. The molecule has 0 aliphatic heterocycles. The Balaban J connectivity index is 2.09. The Hall–Kier alpha value is -1.53. The van der Waals surface area contributed by atoms with E-state index in [-0.39, 0.29) is 5.91 Å². The van der Waals surface area contributed by atoms with Crippen LogP contribution in [0.15, 0.2) is 34.8 Å². The largest absolute Gasteiger partial charge is 0.397 e. The smallest absolute Gasteiger partial charge is 0.263 e. The molecule has 0 spiro atoms. The van der Waals surface area contributed by atoms with Gasteiger partial charge in [-0.05, 0) is 17.7 Å². The third kappa shape index (κ3) is 3.27. The van der Waals surface area contributed by atoms with Gasteiger partial charge < -0.3 is 16.4 Å². The molecule has 0 unspecified atom stereocenters. The minimum Gasteiger partial charge on any atom is -0.397 e. The van der Waals surface area contributed by atoms with E-state index in [9.17, 15) is 4.79 Å². The Morgan fingerprint density at radius 3 is 2.84 bits per heavy atom. The standard InChI is InChI=1S/C13H14BrN3OS/c1-16-13(18)12-10(15)6-11(19-12)17-7-8-4-2-3-5-9(8)14/h2-6,17H,7,15H2,1H3,(H,16,18). The number of hydrogen-bond donors (Lipinski definition) is 3. The van der Waals surface area contributed by atoms with Gasteiger partial charge in [-0.1, -0.05) is 34.1 Å². The van der Waals surface area contributed by atoms with Crippen molar-refractivity contribution in [3.05, 3.63) is 45.2 Å². The zero-order valence-corrected chi connectivity index (χ0v) is 12.8. The van der Waals surface area contributed by atoms with Crippen LogP contribution in [0.2, 0.25) is 0 Å². The molecular weight excluding hydrogens is 326 g/mol. The van der Waals surface area contributed by atoms with Gasteiger partial charge in [-0.3, -0.25) is 4.79 Å². The molecule has 0 radical (unpaired) electrons. The highest BCUT2D eigenvalue weighted by Gasteiger charge is 2.12. The number of thiophene rings is 1. The molecule has 1 heterocycles. The lowest BCUT2D eigenvalue weighted by molar-refractivity contribution is 0.0968. The zero-order chi connectivity index (χ0) is 13.8. The van der Waals surface area contributed by atoms with Crippen molar-refractivity contribution in [2.45, 2.75) is 6.54 Å². The van der Waals surface area contributed by atoms with Crippen molar-refractivity contribution < 1.29 is 4.79 Å². The number of carbonyl (C=O) groups is 1. The van der Waals surface area contributed by atoms with E-state index in [0.717, 1.165) is 15.0 Å². The first-order valence-corrected chi connectivity index (χ1v) is 7.31. The molecule has 0 bridgehead atoms. The molecule has 0 saturated carbocycles. The number of nitrogens with two attached hydrogens (primary N) is 1. The van der Waals surface area contributed by atoms with Crippen LogP contribution in [-0.2, 0) is 6.54 Å². The summed E-state index contributed by atoms with van der Waals surface area (Å²) in [6.07, 6.45) is 0. The van der Waals surface area contributed by atoms with E-state index >= 15 is 0 Å². The van der Waals surface area contributed by atoms with E-state index in [4.69, 9.17) is 5.73 Å². The zero-order valence-electron chi connectivity index (χ0n) is 10.4. The van der Waals surface area contributed by atoms with Gasteiger partial charge in [0.1, 0.15) is 4.88 Å². The SMILES string of the molecule is CNC(=O)c1sc(NCc2ccccc2Br)cc1N. The number of carbonyl (C=O) groups excluding carboxylic acids is 1. The predicted molar refractivity (Wildman–Crippen MR) is 83.6 cm³/mol. The van der Waals surface area contributed by atoms with Crippen LogP contribution in [0.4, 0.5) is 10.7 Å². The van der Waals surface area contributed by atoms with Gasteiger partial charge in [0.15, 0.2) is 0 Å². The average molecular weight is 340 g/mol. The van der Waals surface area contributed by atoms with Crippen LogP contribution >= 0.6 is 27.3 Å². The van der Waals surface area contributed by atoms with Crippen LogP contribution in [0.3, 0.4) is 0 Å². The van der Waals surface area contributed by atoms with Gasteiger partial charge in [-0.2, -0.15) is 0 Å². The first-order valence-electron chi connectivity index (χ1n) is 5.70. The predicted octanol–water partition coefficient (Wildman–Crippen LogP) is 3.06. The Morgan fingerprint density at radius 1 is 1.42 bits per heavy atom. The lowest BCUT2D eigenvalue weighted by atomic mass is 10.2. The number of benzene rings is 1. The quantitative estimate of drug-likeness (QED) is 0.801. The summed E-state index contributed by atoms with van der Waals surface area (Å²) in [5, 5.41) is 6.73. The molecule has 4 N–H and O–H groups in total. The van der Waals surface area contributed by atoms with Crippen molar-refractivity contribution in [2.24, 2.45) is 0 Å². The number of nitrogen functional groups attached to an aromatic ring is 1. The van der Waals surface area contributed by atoms with Crippen molar-refractivity contribution >= 4 is 43.9 Å². The van der Waals surface area contributed by atoms with Crippen LogP contribution in [0.25, 0.3) is 0 Å². The molecule has 100 valence electrons. The van der Waals surface area contributed by atoms with Gasteiger partial charge >= 0.3 is 0 Å². The van der Waals surface area contributed by atoms with Crippen LogP contribution in [-0.4, -0.2) is 13.0 Å². The number of amides is 1. The van der Waals surface area contributed by atoms with Gasteiger partial charge in [0.05, 0.1) is 10.7 Å². The second kappa shape index (κ2) is 6.08. The highest BCUT2D eigenvalue weighted by atomic mass is 79.9. The molecule has 4 nitrogen and oxygen atoms in total. The van der Waals surface area contributed by atoms with Gasteiger partial charge in [0.25, 0.3) is 5.91 Å². The van der Waals surface area contributed by atoms with Crippen molar-refractivity contribution in [3.8, 4) is 0 Å². The van der Waals surface area contributed by atoms with E-state index in [1.54, 1.807) is 13.1 Å². The highest BCUT2D eigenvalue weighted by molar-refractivity contribution is 9.10. The van der Waals surface area contributed by atoms with Crippen LogP contribution in [0.5, 0.6) is 0 Å². The Kier molecular flexibility index (Phi) is 4.44. The number of hydrogen-bond acceptors (Lipinski definition) is 4. The summed E-state index contributed by atoms with van der Waals surface area (Å²) in [6, 6.07) is 9.77. The summed E-state index contributed by atoms with van der Waals surface area (Å²) in [5.74, 6) is -0.156. The lowest BCUT2D eigenvalue weighted by Gasteiger charge is -2.05. The maximum Gasteiger partial charge on any atom is 0.263 e. The molecule has 0 atom stereocenters. The summed E-state index contributed by atoms with van der Waals surface area (Å²) in [4.78, 5) is 12.1. The fourth-order valence-corrected chi connectivity index (χ4v) is 2.95. The fraction of sp³-hybridized carbons (Fsp3) is 0.154. The van der Waals surface area contributed by atoms with Gasteiger partial charge in [0.2, 0.25) is 0 Å². The van der Waals surface area contributed by atoms with Crippen molar-refractivity contribution in [2.75, 3.05) is 18.1 Å². The molecule has 0 fully saturated rings. The van der Waals surface area contributed by atoms with Gasteiger partial charge in [-0.15, -0.1) is 11.3 Å². The topological polar surface area (TPSA) is 67.2 Å². The maximum atomic E-state index is 11.6. The Labute approximate surface area is 124 Å². The second-order valence-electron chi connectivity index (χ2n) is 3.92. The van der Waals surface area contributed by atoms with E-state index in [2.05, 4.69) is 26.6 Å². The van der Waals surface area contributed by atoms with Crippen LogP contribution < -0.4 is 16.4 Å². The lowest BCUT2D eigenvalue weighted by Crippen LogP contribution is -2.17. The molecular formula is C13H14BrN3OS. The number of rotatable bonds is 4. The number of nitrogens with one attached hydrogen (secondary N) is 2. The summed E-state index contributed by atoms with van der Waals surface area (Å²) < 4.78 is 1.05. The first kappa shape index (κ1) is 13.9. The fourth-order valence-electron chi connectivity index (χ4n) is 1.61. The summed E-state index contributed by atoms with van der Waals surface area (Å²) >= 11 is 4.85. The Morgan fingerprint density at radius 2 is 2.16 bits per heavy atom. The van der Waals surface area contributed by atoms with Crippen molar-refractivity contribution in [1.82, 2.24) is 5.32 Å². The second-order valence-corrected chi connectivity index (χ2v) is 5.83. The summed E-state index contributed by atoms with van der Waals surface area (Å²) in [6.45, 7) is 0.675. The van der Waals surface area contributed by atoms with E-state index in [1.165, 1.54) is 11.3 Å². The molecule has 19 heavy (non-hydrogen) atoms. The van der Waals surface area contributed by atoms with E-state index < -0.39 is 0 Å². The monoisotopic (exact) mass is 339 g/mol. The van der Waals surface area contributed by atoms with Gasteiger partial charge in [0, 0.05) is 18.1 Å². The summed E-state index contributed by atoms with van der Waals surface area (Å²) in [7, 11) is 1.59. The molecule has 2 rings (SSSR count). The van der Waals surface area contributed by atoms with Crippen LogP contribution in [0.1, 0.15) is 15.2 Å². The first-order chi connectivity index (χ1) is 9.11. The molecule has 1 amide bonds. The van der Waals surface area contributed by atoms with Crippen LogP contribution in [0, 0.1) is 0 Å². The molecule has 6 heteroatoms. The van der Waals surface area contributed by atoms with Crippen molar-refractivity contribution in [1.29, 1.82) is 0 Å². The minimum absolute atomic E-state index is 0.156. The molecule has 2 aromatic rings. The minimum atomic E-state index is -0.156. The molecule has 0 saturated heterocycles. The van der Waals surface area contributed by atoms with Gasteiger partial charge in [-0.25, -0.2) is 0 Å². The Bertz CT molecular complexity index is 597. The highest BCUT2D eigenvalue weighted by Crippen LogP contribution is 2.29. The summed E-state index contributed by atoms with van der Waals surface area (Å²) in [5.41, 5.74) is 7.47. The maximum absolute atomic E-state index is 11.6. The number of halogens is 1. The molecule has 0 aliphatic rings. The number of anilines is 2. The molecule has 1 aromatic heterocycles. The molecule has 1 aromatic carbocycles. The van der Waals surface area contributed by atoms with E-state index in [0.29, 0.717) is 17.1 Å². The van der Waals surface area contributed by atoms with E-state index in [1.807, 2.05) is 24.3 Å². The third-order valence-electron chi connectivity index (χ3n) is 2.61. The molecule has 0 aliphatic carbocycles.